The van der Waals surface area contributed by atoms with Gasteiger partial charge in [-0.25, -0.2) is 0 Å². The maximum absolute atomic E-state index is 13.2. The van der Waals surface area contributed by atoms with E-state index in [2.05, 4.69) is 10.6 Å². The Labute approximate surface area is 160 Å². The van der Waals surface area contributed by atoms with E-state index in [1.54, 1.807) is 30.3 Å². The summed E-state index contributed by atoms with van der Waals surface area (Å²) in [5.41, 5.74) is 2.92. The SMILES string of the molecule is O=C(Nc1ccc2c(c1)CCN2)c1cc(C(F)(F)F)ccc1-c1ccccc1. The molecule has 4 rings (SSSR count). The number of alkyl halides is 3. The topological polar surface area (TPSA) is 41.1 Å². The second-order valence-corrected chi connectivity index (χ2v) is 6.63. The van der Waals surface area contributed by atoms with Gasteiger partial charge in [-0.2, -0.15) is 13.2 Å². The lowest BCUT2D eigenvalue weighted by Crippen LogP contribution is -2.15. The van der Waals surface area contributed by atoms with Crippen molar-refractivity contribution in [2.24, 2.45) is 0 Å². The number of hydrogen-bond acceptors (Lipinski definition) is 2. The summed E-state index contributed by atoms with van der Waals surface area (Å²) in [6.45, 7) is 0.832. The van der Waals surface area contributed by atoms with Gasteiger partial charge in [0.2, 0.25) is 0 Å². The third-order valence-electron chi connectivity index (χ3n) is 4.75. The van der Waals surface area contributed by atoms with Crippen LogP contribution in [0.2, 0.25) is 0 Å². The minimum absolute atomic E-state index is 0.0142. The lowest BCUT2D eigenvalue weighted by Gasteiger charge is -2.14. The average molecular weight is 382 g/mol. The Morgan fingerprint density at radius 1 is 0.964 bits per heavy atom. The number of amides is 1. The van der Waals surface area contributed by atoms with Crippen molar-refractivity contribution in [3.05, 3.63) is 83.4 Å². The molecule has 0 unspecified atom stereocenters. The lowest BCUT2D eigenvalue weighted by molar-refractivity contribution is -0.137. The Morgan fingerprint density at radius 3 is 2.50 bits per heavy atom. The zero-order valence-corrected chi connectivity index (χ0v) is 14.8. The Balaban J connectivity index is 1.72. The van der Waals surface area contributed by atoms with Gasteiger partial charge < -0.3 is 10.6 Å². The zero-order valence-electron chi connectivity index (χ0n) is 14.8. The highest BCUT2D eigenvalue weighted by Crippen LogP contribution is 2.34. The maximum atomic E-state index is 13.2. The molecule has 0 spiro atoms. The van der Waals surface area contributed by atoms with Gasteiger partial charge in [-0.1, -0.05) is 36.4 Å². The van der Waals surface area contributed by atoms with Gasteiger partial charge in [0.15, 0.2) is 0 Å². The molecule has 0 aromatic heterocycles. The molecule has 6 heteroatoms. The molecule has 1 aliphatic rings. The fraction of sp³-hybridized carbons (Fsp3) is 0.136. The summed E-state index contributed by atoms with van der Waals surface area (Å²) in [7, 11) is 0. The van der Waals surface area contributed by atoms with Crippen LogP contribution in [0.3, 0.4) is 0 Å². The van der Waals surface area contributed by atoms with E-state index in [0.29, 0.717) is 16.8 Å². The van der Waals surface area contributed by atoms with Crippen molar-refractivity contribution < 1.29 is 18.0 Å². The highest BCUT2D eigenvalue weighted by molar-refractivity contribution is 6.09. The molecular formula is C22H17F3N2O. The molecule has 0 bridgehead atoms. The van der Waals surface area contributed by atoms with Gasteiger partial charge in [-0.05, 0) is 53.4 Å². The van der Waals surface area contributed by atoms with Gasteiger partial charge in [0.1, 0.15) is 0 Å². The molecule has 1 heterocycles. The van der Waals surface area contributed by atoms with E-state index >= 15 is 0 Å². The first-order valence-electron chi connectivity index (χ1n) is 8.86. The molecule has 0 saturated heterocycles. The zero-order chi connectivity index (χ0) is 19.7. The van der Waals surface area contributed by atoms with Crippen LogP contribution in [0, 0.1) is 0 Å². The molecule has 0 aliphatic carbocycles. The molecule has 2 N–H and O–H groups in total. The van der Waals surface area contributed by atoms with Crippen molar-refractivity contribution >= 4 is 17.3 Å². The van der Waals surface area contributed by atoms with Gasteiger partial charge in [-0.3, -0.25) is 4.79 Å². The van der Waals surface area contributed by atoms with E-state index in [0.717, 1.165) is 36.3 Å². The summed E-state index contributed by atoms with van der Waals surface area (Å²) in [6.07, 6.45) is -3.68. The Kier molecular flexibility index (Phi) is 4.55. The van der Waals surface area contributed by atoms with E-state index < -0.39 is 17.6 Å². The normalized spacial score (nSPS) is 13.0. The fourth-order valence-corrected chi connectivity index (χ4v) is 3.36. The third kappa shape index (κ3) is 3.58. The number of fused-ring (bicyclic) bond motifs is 1. The van der Waals surface area contributed by atoms with Crippen LogP contribution in [0.25, 0.3) is 11.1 Å². The molecule has 142 valence electrons. The summed E-state index contributed by atoms with van der Waals surface area (Å²) in [4.78, 5) is 12.9. The van der Waals surface area contributed by atoms with E-state index in [1.165, 1.54) is 6.07 Å². The molecule has 3 aromatic rings. The molecule has 0 fully saturated rings. The number of carbonyl (C=O) groups excluding carboxylic acids is 1. The van der Waals surface area contributed by atoms with Gasteiger partial charge in [-0.15, -0.1) is 0 Å². The first kappa shape index (κ1) is 18.1. The van der Waals surface area contributed by atoms with Crippen LogP contribution in [0.1, 0.15) is 21.5 Å². The Morgan fingerprint density at radius 2 is 1.75 bits per heavy atom. The summed E-state index contributed by atoms with van der Waals surface area (Å²) < 4.78 is 39.6. The molecule has 3 nitrogen and oxygen atoms in total. The maximum Gasteiger partial charge on any atom is 0.416 e. The Hall–Kier alpha value is -3.28. The number of nitrogens with one attached hydrogen (secondary N) is 2. The van der Waals surface area contributed by atoms with Crippen molar-refractivity contribution in [3.63, 3.8) is 0 Å². The molecule has 1 amide bonds. The smallest absolute Gasteiger partial charge is 0.384 e. The number of benzene rings is 3. The number of hydrogen-bond donors (Lipinski definition) is 2. The number of halogens is 3. The van der Waals surface area contributed by atoms with Gasteiger partial charge in [0.25, 0.3) is 5.91 Å². The minimum atomic E-state index is -4.52. The van der Waals surface area contributed by atoms with Gasteiger partial charge in [0.05, 0.1) is 5.56 Å². The number of anilines is 2. The number of rotatable bonds is 3. The molecule has 1 aliphatic heterocycles. The first-order valence-corrected chi connectivity index (χ1v) is 8.86. The predicted octanol–water partition coefficient (Wildman–Crippen LogP) is 5.59. The van der Waals surface area contributed by atoms with E-state index in [-0.39, 0.29) is 5.56 Å². The van der Waals surface area contributed by atoms with E-state index in [9.17, 15) is 18.0 Å². The molecule has 0 radical (unpaired) electrons. The second-order valence-electron chi connectivity index (χ2n) is 6.63. The largest absolute Gasteiger partial charge is 0.416 e. The van der Waals surface area contributed by atoms with E-state index in [4.69, 9.17) is 0 Å². The van der Waals surface area contributed by atoms with E-state index in [1.807, 2.05) is 18.2 Å². The lowest BCUT2D eigenvalue weighted by atomic mass is 9.96. The monoisotopic (exact) mass is 382 g/mol. The van der Waals surface area contributed by atoms with Crippen molar-refractivity contribution in [1.82, 2.24) is 0 Å². The van der Waals surface area contributed by atoms with Gasteiger partial charge >= 0.3 is 6.18 Å². The first-order chi connectivity index (χ1) is 13.4. The molecule has 0 saturated carbocycles. The number of carbonyl (C=O) groups is 1. The quantitative estimate of drug-likeness (QED) is 0.620. The van der Waals surface area contributed by atoms with Crippen molar-refractivity contribution in [2.75, 3.05) is 17.2 Å². The average Bonchev–Trinajstić information content (AvgIpc) is 3.15. The third-order valence-corrected chi connectivity index (χ3v) is 4.75. The second kappa shape index (κ2) is 7.03. The highest BCUT2D eigenvalue weighted by Gasteiger charge is 2.32. The van der Waals surface area contributed by atoms with Crippen molar-refractivity contribution in [1.29, 1.82) is 0 Å². The van der Waals surface area contributed by atoms with Crippen LogP contribution < -0.4 is 10.6 Å². The Bertz CT molecular complexity index is 1030. The van der Waals surface area contributed by atoms with Crippen LogP contribution in [0.5, 0.6) is 0 Å². The van der Waals surface area contributed by atoms with Crippen LogP contribution >= 0.6 is 0 Å². The van der Waals surface area contributed by atoms with Gasteiger partial charge in [0, 0.05) is 23.5 Å². The molecule has 0 atom stereocenters. The fourth-order valence-electron chi connectivity index (χ4n) is 3.36. The van der Waals surface area contributed by atoms with Crippen LogP contribution in [0.4, 0.5) is 24.5 Å². The van der Waals surface area contributed by atoms with Crippen molar-refractivity contribution in [3.8, 4) is 11.1 Å². The summed E-state index contributed by atoms with van der Waals surface area (Å²) in [6, 6.07) is 17.6. The summed E-state index contributed by atoms with van der Waals surface area (Å²) >= 11 is 0. The molecule has 3 aromatic carbocycles. The summed E-state index contributed by atoms with van der Waals surface area (Å²) in [5, 5.41) is 5.97. The van der Waals surface area contributed by atoms with Crippen LogP contribution in [-0.4, -0.2) is 12.5 Å². The van der Waals surface area contributed by atoms with Crippen molar-refractivity contribution in [2.45, 2.75) is 12.6 Å². The highest BCUT2D eigenvalue weighted by atomic mass is 19.4. The molecule has 28 heavy (non-hydrogen) atoms. The summed E-state index contributed by atoms with van der Waals surface area (Å²) in [5.74, 6) is -0.573. The van der Waals surface area contributed by atoms with Crippen LogP contribution in [-0.2, 0) is 12.6 Å². The predicted molar refractivity (Wildman–Crippen MR) is 103 cm³/mol. The standard InChI is InChI=1S/C22H17F3N2O/c23-22(24,25)16-6-8-18(14-4-2-1-3-5-14)19(13-16)21(28)27-17-7-9-20-15(12-17)10-11-26-20/h1-9,12-13,26H,10-11H2,(H,27,28). The minimum Gasteiger partial charge on any atom is -0.384 e. The van der Waals surface area contributed by atoms with Crippen LogP contribution in [0.15, 0.2) is 66.7 Å². The molecular weight excluding hydrogens is 365 g/mol.